The van der Waals surface area contributed by atoms with Crippen molar-refractivity contribution in [2.45, 2.75) is 13.8 Å². The fraction of sp³-hybridized carbons (Fsp3) is 0.0455. The average Bonchev–Trinajstić information content (AvgIpc) is 3.86. The molecular formula is C44H30O4. The number of furan rings is 4. The monoisotopic (exact) mass is 622 g/mol. The number of para-hydroxylation sites is 1. The third kappa shape index (κ3) is 4.09. The fourth-order valence-corrected chi connectivity index (χ4v) is 7.09. The number of fused-ring (bicyclic) bond motifs is 12. The summed E-state index contributed by atoms with van der Waals surface area (Å²) in [5.74, 6) is 0.847. The van der Waals surface area contributed by atoms with Crippen molar-refractivity contribution in [2.24, 2.45) is 0 Å². The number of allylic oxidation sites excluding steroid dienone is 7. The summed E-state index contributed by atoms with van der Waals surface area (Å²) in [5, 5.41) is 7.25. The van der Waals surface area contributed by atoms with E-state index in [-0.39, 0.29) is 0 Å². The van der Waals surface area contributed by atoms with Crippen LogP contribution in [0, 0.1) is 6.92 Å². The third-order valence-electron chi connectivity index (χ3n) is 9.40. The molecule has 0 aliphatic heterocycles. The molecule has 4 heteroatoms. The molecular weight excluding hydrogens is 592 g/mol. The van der Waals surface area contributed by atoms with Crippen molar-refractivity contribution < 1.29 is 17.7 Å². The lowest BCUT2D eigenvalue weighted by Crippen LogP contribution is -1.85. The molecule has 0 aliphatic rings. The zero-order valence-corrected chi connectivity index (χ0v) is 26.6. The Morgan fingerprint density at radius 1 is 0.583 bits per heavy atom. The first-order valence-electron chi connectivity index (χ1n) is 16.0. The minimum absolute atomic E-state index is 0.806. The van der Waals surface area contributed by atoms with Crippen LogP contribution in [0.25, 0.3) is 94.0 Å². The van der Waals surface area contributed by atoms with Gasteiger partial charge in [0.1, 0.15) is 44.8 Å². The topological polar surface area (TPSA) is 52.6 Å². The number of hydrogen-bond acceptors (Lipinski definition) is 4. The first-order chi connectivity index (χ1) is 23.6. The van der Waals surface area contributed by atoms with Crippen molar-refractivity contribution in [1.82, 2.24) is 0 Å². The molecule has 230 valence electrons. The van der Waals surface area contributed by atoms with Gasteiger partial charge < -0.3 is 17.7 Å². The summed E-state index contributed by atoms with van der Waals surface area (Å²) in [5.41, 5.74) is 11.1. The van der Waals surface area contributed by atoms with Crippen LogP contribution in [0.1, 0.15) is 29.4 Å². The van der Waals surface area contributed by atoms with Gasteiger partial charge in [-0.2, -0.15) is 0 Å². The van der Waals surface area contributed by atoms with Gasteiger partial charge in [0, 0.05) is 32.5 Å². The lowest BCUT2D eigenvalue weighted by Gasteiger charge is -2.07. The van der Waals surface area contributed by atoms with Crippen molar-refractivity contribution in [1.29, 1.82) is 0 Å². The van der Waals surface area contributed by atoms with Crippen LogP contribution >= 0.6 is 0 Å². The Bertz CT molecular complexity index is 2890. The Kier molecular flexibility index (Phi) is 6.21. The standard InChI is InChI=1S/C44H30O4/c1-5-8-11-30-25(4)45-39-20-16-31-34-23-28(14-18-37(34)47-43(31)41(30)39)26(6-2)22-27(7-3)29-15-19-38-35(24-29)32-17-21-40-42(44(32)48-38)33-12-9-10-13-36(33)46-40/h5-24H,1,3H2,2,4H3/b11-8-,26-6+,27-22+. The summed E-state index contributed by atoms with van der Waals surface area (Å²) in [6.07, 6.45) is 12.0. The predicted octanol–water partition coefficient (Wildman–Crippen LogP) is 13.3. The molecule has 0 fully saturated rings. The summed E-state index contributed by atoms with van der Waals surface area (Å²) < 4.78 is 25.1. The first-order valence-corrected chi connectivity index (χ1v) is 16.0. The minimum Gasteiger partial charge on any atom is -0.461 e. The number of benzene rings is 5. The molecule has 0 N–H and O–H groups in total. The maximum atomic E-state index is 6.47. The lowest BCUT2D eigenvalue weighted by molar-refractivity contribution is 0.577. The second kappa shape index (κ2) is 10.6. The number of aryl methyl sites for hydroxylation is 1. The third-order valence-corrected chi connectivity index (χ3v) is 9.40. The Hall–Kier alpha value is -6.26. The molecule has 0 spiro atoms. The second-order valence-electron chi connectivity index (χ2n) is 12.1. The van der Waals surface area contributed by atoms with E-state index < -0.39 is 0 Å². The number of rotatable bonds is 6. The molecule has 0 bridgehead atoms. The van der Waals surface area contributed by atoms with Crippen LogP contribution in [-0.4, -0.2) is 0 Å². The molecule has 0 amide bonds. The normalized spacial score (nSPS) is 13.1. The van der Waals surface area contributed by atoms with Crippen LogP contribution in [0.15, 0.2) is 146 Å². The first kappa shape index (κ1) is 28.0. The van der Waals surface area contributed by atoms with Gasteiger partial charge in [-0.05, 0) is 96.8 Å². The SMILES string of the molecule is C=C/C=C\c1c(C)oc2ccc3c4cc(C(/C=C(\C=C)c5ccc6oc7c(ccc8oc9ccccc9c87)c6c5)=C/C)ccc4oc3c12. The molecule has 0 aliphatic carbocycles. The summed E-state index contributed by atoms with van der Waals surface area (Å²) in [4.78, 5) is 0. The lowest BCUT2D eigenvalue weighted by atomic mass is 9.96. The van der Waals surface area contributed by atoms with Crippen molar-refractivity contribution in [3.63, 3.8) is 0 Å². The average molecular weight is 623 g/mol. The Morgan fingerprint density at radius 2 is 1.19 bits per heavy atom. The van der Waals surface area contributed by atoms with Crippen molar-refractivity contribution in [3.05, 3.63) is 151 Å². The maximum absolute atomic E-state index is 6.47. The summed E-state index contributed by atoms with van der Waals surface area (Å²) in [6, 6.07) is 29.0. The van der Waals surface area contributed by atoms with Gasteiger partial charge in [0.25, 0.3) is 0 Å². The molecule has 0 saturated heterocycles. The van der Waals surface area contributed by atoms with E-state index in [1.54, 1.807) is 6.08 Å². The Labute approximate surface area is 275 Å². The van der Waals surface area contributed by atoms with Gasteiger partial charge in [0.05, 0.1) is 10.8 Å². The quantitative estimate of drug-likeness (QED) is 0.173. The fourth-order valence-electron chi connectivity index (χ4n) is 7.09. The number of hydrogen-bond donors (Lipinski definition) is 0. The van der Waals surface area contributed by atoms with E-state index in [4.69, 9.17) is 17.7 Å². The largest absolute Gasteiger partial charge is 0.461 e. The van der Waals surface area contributed by atoms with Crippen LogP contribution in [0.3, 0.4) is 0 Å². The smallest absolute Gasteiger partial charge is 0.147 e. The van der Waals surface area contributed by atoms with Crippen LogP contribution in [-0.2, 0) is 0 Å². The van der Waals surface area contributed by atoms with E-state index >= 15 is 0 Å². The molecule has 4 aromatic heterocycles. The van der Waals surface area contributed by atoms with Crippen LogP contribution in [0.4, 0.5) is 0 Å². The van der Waals surface area contributed by atoms with E-state index in [9.17, 15) is 0 Å². The second-order valence-corrected chi connectivity index (χ2v) is 12.1. The van der Waals surface area contributed by atoms with Crippen LogP contribution in [0.2, 0.25) is 0 Å². The van der Waals surface area contributed by atoms with Gasteiger partial charge in [-0.25, -0.2) is 0 Å². The predicted molar refractivity (Wildman–Crippen MR) is 200 cm³/mol. The Balaban J connectivity index is 1.15. The molecule has 5 aromatic carbocycles. The highest BCUT2D eigenvalue weighted by atomic mass is 16.4. The molecule has 48 heavy (non-hydrogen) atoms. The van der Waals surface area contributed by atoms with E-state index in [2.05, 4.69) is 80.8 Å². The maximum Gasteiger partial charge on any atom is 0.147 e. The molecule has 4 heterocycles. The zero-order chi connectivity index (χ0) is 32.5. The van der Waals surface area contributed by atoms with Crippen molar-refractivity contribution >= 4 is 94.0 Å². The van der Waals surface area contributed by atoms with E-state index in [0.29, 0.717) is 0 Å². The molecule has 4 nitrogen and oxygen atoms in total. The summed E-state index contributed by atoms with van der Waals surface area (Å²) in [7, 11) is 0. The van der Waals surface area contributed by atoms with Gasteiger partial charge in [-0.1, -0.05) is 73.9 Å². The molecule has 0 saturated carbocycles. The summed E-state index contributed by atoms with van der Waals surface area (Å²) >= 11 is 0. The zero-order valence-electron chi connectivity index (χ0n) is 26.6. The molecule has 9 aromatic rings. The molecule has 0 radical (unpaired) electrons. The Morgan fingerprint density at radius 3 is 1.85 bits per heavy atom. The van der Waals surface area contributed by atoms with E-state index in [1.807, 2.05) is 61.5 Å². The molecule has 0 unspecified atom stereocenters. The van der Waals surface area contributed by atoms with Crippen LogP contribution in [0.5, 0.6) is 0 Å². The van der Waals surface area contributed by atoms with E-state index in [0.717, 1.165) is 110 Å². The van der Waals surface area contributed by atoms with Crippen LogP contribution < -0.4 is 0 Å². The summed E-state index contributed by atoms with van der Waals surface area (Å²) in [6.45, 7) is 12.1. The van der Waals surface area contributed by atoms with Gasteiger partial charge in [-0.15, -0.1) is 0 Å². The van der Waals surface area contributed by atoms with Gasteiger partial charge in [0.15, 0.2) is 0 Å². The highest BCUT2D eigenvalue weighted by molar-refractivity contribution is 6.22. The van der Waals surface area contributed by atoms with Crippen molar-refractivity contribution in [3.8, 4) is 0 Å². The van der Waals surface area contributed by atoms with E-state index in [1.165, 1.54) is 0 Å². The molecule has 0 atom stereocenters. The highest BCUT2D eigenvalue weighted by Crippen LogP contribution is 2.41. The molecule has 9 rings (SSSR count). The van der Waals surface area contributed by atoms with Gasteiger partial charge in [-0.3, -0.25) is 0 Å². The minimum atomic E-state index is 0.806. The van der Waals surface area contributed by atoms with Gasteiger partial charge >= 0.3 is 0 Å². The van der Waals surface area contributed by atoms with Crippen molar-refractivity contribution in [2.75, 3.05) is 0 Å². The van der Waals surface area contributed by atoms with Gasteiger partial charge in [0.2, 0.25) is 0 Å². The highest BCUT2D eigenvalue weighted by Gasteiger charge is 2.19.